The lowest BCUT2D eigenvalue weighted by Gasteiger charge is -2.33. The lowest BCUT2D eigenvalue weighted by Crippen LogP contribution is -2.53. The molecule has 0 aliphatic rings. The third-order valence-corrected chi connectivity index (χ3v) is 4.29. The van der Waals surface area contributed by atoms with Crippen LogP contribution in [0, 0.1) is 0 Å². The fourth-order valence-corrected chi connectivity index (χ4v) is 3.03. The Morgan fingerprint density at radius 1 is 1.20 bits per heavy atom. The van der Waals surface area contributed by atoms with Crippen molar-refractivity contribution < 1.29 is 9.59 Å². The number of hydrogen-bond acceptors (Lipinski definition) is 2. The summed E-state index contributed by atoms with van der Waals surface area (Å²) in [6.45, 7) is 9.90. The monoisotopic (exact) mass is 386 g/mol. The van der Waals surface area contributed by atoms with Crippen molar-refractivity contribution in [1.82, 2.24) is 10.2 Å². The summed E-state index contributed by atoms with van der Waals surface area (Å²) in [5.74, 6) is -0.200. The molecule has 4 nitrogen and oxygen atoms in total. The molecule has 0 heterocycles. The van der Waals surface area contributed by atoms with Gasteiger partial charge in [-0.15, -0.1) is 0 Å². The van der Waals surface area contributed by atoms with Crippen LogP contribution < -0.4 is 5.32 Å². The van der Waals surface area contributed by atoms with Crippen molar-refractivity contribution in [2.45, 2.75) is 72.0 Å². The molecule has 1 atom stereocenters. The van der Waals surface area contributed by atoms with Gasteiger partial charge < -0.3 is 10.2 Å². The molecule has 25 heavy (non-hydrogen) atoms. The molecule has 0 saturated carbocycles. The summed E-state index contributed by atoms with van der Waals surface area (Å²) in [6, 6.07) is 4.65. The number of benzene rings is 1. The van der Waals surface area contributed by atoms with Crippen molar-refractivity contribution in [3.8, 4) is 0 Å². The van der Waals surface area contributed by atoms with Crippen LogP contribution in [-0.2, 0) is 16.1 Å². The van der Waals surface area contributed by atoms with Crippen molar-refractivity contribution >= 4 is 35.0 Å². The minimum atomic E-state index is -0.537. The Morgan fingerprint density at radius 2 is 1.84 bits per heavy atom. The SMILES string of the molecule is CCCC(=O)N(Cc1ccc(Cl)cc1Cl)C(CC)C(=O)NC(C)(C)C. The first-order valence-electron chi connectivity index (χ1n) is 8.64. The summed E-state index contributed by atoms with van der Waals surface area (Å²) in [4.78, 5) is 27.0. The van der Waals surface area contributed by atoms with E-state index in [1.54, 1.807) is 23.1 Å². The quantitative estimate of drug-likeness (QED) is 0.730. The van der Waals surface area contributed by atoms with Gasteiger partial charge in [0.25, 0.3) is 0 Å². The van der Waals surface area contributed by atoms with E-state index in [0.717, 1.165) is 12.0 Å². The van der Waals surface area contributed by atoms with E-state index in [-0.39, 0.29) is 23.9 Å². The fourth-order valence-electron chi connectivity index (χ4n) is 2.56. The maximum Gasteiger partial charge on any atom is 0.243 e. The molecule has 140 valence electrons. The number of halogens is 2. The largest absolute Gasteiger partial charge is 0.350 e. The average molecular weight is 387 g/mol. The Morgan fingerprint density at radius 3 is 2.32 bits per heavy atom. The minimum Gasteiger partial charge on any atom is -0.350 e. The van der Waals surface area contributed by atoms with Crippen LogP contribution in [0.5, 0.6) is 0 Å². The summed E-state index contributed by atoms with van der Waals surface area (Å²) in [5.41, 5.74) is 0.416. The number of nitrogens with zero attached hydrogens (tertiary/aromatic N) is 1. The first-order chi connectivity index (χ1) is 11.6. The molecule has 1 aromatic carbocycles. The van der Waals surface area contributed by atoms with Gasteiger partial charge in [0, 0.05) is 28.5 Å². The van der Waals surface area contributed by atoms with Gasteiger partial charge in [-0.3, -0.25) is 9.59 Å². The van der Waals surface area contributed by atoms with Crippen molar-refractivity contribution in [2.24, 2.45) is 0 Å². The molecular weight excluding hydrogens is 359 g/mol. The number of hydrogen-bond donors (Lipinski definition) is 1. The fraction of sp³-hybridized carbons (Fsp3) is 0.579. The molecule has 1 N–H and O–H groups in total. The molecule has 0 radical (unpaired) electrons. The Kier molecular flexibility index (Phi) is 8.23. The van der Waals surface area contributed by atoms with Crippen LogP contribution in [0.3, 0.4) is 0 Å². The molecule has 1 rings (SSSR count). The third-order valence-electron chi connectivity index (χ3n) is 3.70. The van der Waals surface area contributed by atoms with Gasteiger partial charge in [0.2, 0.25) is 11.8 Å². The standard InChI is InChI=1S/C19H28Cl2N2O2/c1-6-8-17(24)23(12-13-9-10-14(20)11-15(13)21)16(7-2)18(25)22-19(3,4)5/h9-11,16H,6-8,12H2,1-5H3,(H,22,25). The predicted molar refractivity (Wildman–Crippen MR) is 104 cm³/mol. The zero-order valence-corrected chi connectivity index (χ0v) is 17.2. The van der Waals surface area contributed by atoms with Gasteiger partial charge in [0.1, 0.15) is 6.04 Å². The van der Waals surface area contributed by atoms with Gasteiger partial charge >= 0.3 is 0 Å². The van der Waals surface area contributed by atoms with E-state index in [1.165, 1.54) is 0 Å². The van der Waals surface area contributed by atoms with Gasteiger partial charge in [-0.05, 0) is 51.3 Å². The third kappa shape index (κ3) is 6.87. The Labute approximate surface area is 160 Å². The van der Waals surface area contributed by atoms with Crippen LogP contribution in [0.4, 0.5) is 0 Å². The van der Waals surface area contributed by atoms with E-state index in [2.05, 4.69) is 5.32 Å². The van der Waals surface area contributed by atoms with Crippen LogP contribution in [0.1, 0.15) is 59.4 Å². The molecule has 0 saturated heterocycles. The molecule has 0 bridgehead atoms. The van der Waals surface area contributed by atoms with E-state index in [9.17, 15) is 9.59 Å². The van der Waals surface area contributed by atoms with E-state index in [1.807, 2.05) is 34.6 Å². The molecule has 1 aromatic rings. The van der Waals surface area contributed by atoms with Gasteiger partial charge in [-0.2, -0.15) is 0 Å². The van der Waals surface area contributed by atoms with E-state index in [0.29, 0.717) is 22.9 Å². The van der Waals surface area contributed by atoms with Crippen LogP contribution in [0.15, 0.2) is 18.2 Å². The van der Waals surface area contributed by atoms with Gasteiger partial charge in [0.05, 0.1) is 0 Å². The van der Waals surface area contributed by atoms with Crippen molar-refractivity contribution in [3.05, 3.63) is 33.8 Å². The maximum absolute atomic E-state index is 12.7. The van der Waals surface area contributed by atoms with Crippen LogP contribution in [-0.4, -0.2) is 28.3 Å². The number of amides is 2. The second kappa shape index (κ2) is 9.44. The molecule has 0 fully saturated rings. The summed E-state index contributed by atoms with van der Waals surface area (Å²) >= 11 is 12.2. The maximum atomic E-state index is 12.7. The smallest absolute Gasteiger partial charge is 0.243 e. The number of carbonyl (C=O) groups excluding carboxylic acids is 2. The van der Waals surface area contributed by atoms with Gasteiger partial charge in [-0.25, -0.2) is 0 Å². The van der Waals surface area contributed by atoms with Crippen LogP contribution in [0.2, 0.25) is 10.0 Å². The number of carbonyl (C=O) groups is 2. The summed E-state index contributed by atoms with van der Waals surface area (Å²) < 4.78 is 0. The molecule has 6 heteroatoms. The molecule has 0 spiro atoms. The second-order valence-electron chi connectivity index (χ2n) is 7.17. The van der Waals surface area contributed by atoms with Gasteiger partial charge in [0.15, 0.2) is 0 Å². The van der Waals surface area contributed by atoms with Crippen molar-refractivity contribution in [3.63, 3.8) is 0 Å². The summed E-state index contributed by atoms with van der Waals surface area (Å²) in [5, 5.41) is 4.00. The highest BCUT2D eigenvalue weighted by atomic mass is 35.5. The zero-order valence-electron chi connectivity index (χ0n) is 15.7. The van der Waals surface area contributed by atoms with Crippen molar-refractivity contribution in [2.75, 3.05) is 0 Å². The Bertz CT molecular complexity index is 612. The van der Waals surface area contributed by atoms with Gasteiger partial charge in [-0.1, -0.05) is 43.1 Å². The van der Waals surface area contributed by atoms with E-state index < -0.39 is 6.04 Å². The number of nitrogens with one attached hydrogen (secondary N) is 1. The topological polar surface area (TPSA) is 49.4 Å². The Hall–Kier alpha value is -1.26. The number of rotatable bonds is 7. The predicted octanol–water partition coefficient (Wildman–Crippen LogP) is 4.82. The van der Waals surface area contributed by atoms with Crippen LogP contribution >= 0.6 is 23.2 Å². The molecule has 2 amide bonds. The zero-order chi connectivity index (χ0) is 19.2. The van der Waals surface area contributed by atoms with E-state index in [4.69, 9.17) is 23.2 Å². The summed E-state index contributed by atoms with van der Waals surface area (Å²) in [6.07, 6.45) is 1.65. The first-order valence-corrected chi connectivity index (χ1v) is 9.40. The highest BCUT2D eigenvalue weighted by Crippen LogP contribution is 2.24. The molecule has 0 aliphatic heterocycles. The second-order valence-corrected chi connectivity index (χ2v) is 8.01. The molecule has 0 aromatic heterocycles. The summed E-state index contributed by atoms with van der Waals surface area (Å²) in [7, 11) is 0. The molecular formula is C19H28Cl2N2O2. The van der Waals surface area contributed by atoms with E-state index >= 15 is 0 Å². The lowest BCUT2D eigenvalue weighted by atomic mass is 10.0. The normalized spacial score (nSPS) is 12.6. The lowest BCUT2D eigenvalue weighted by molar-refractivity contribution is -0.142. The highest BCUT2D eigenvalue weighted by molar-refractivity contribution is 6.35. The molecule has 0 aliphatic carbocycles. The average Bonchev–Trinajstić information content (AvgIpc) is 2.47. The molecule has 1 unspecified atom stereocenters. The minimum absolute atomic E-state index is 0.0515. The Balaban J connectivity index is 3.12. The van der Waals surface area contributed by atoms with Crippen molar-refractivity contribution in [1.29, 1.82) is 0 Å². The highest BCUT2D eigenvalue weighted by Gasteiger charge is 2.30. The first kappa shape index (κ1) is 21.8. The van der Waals surface area contributed by atoms with Crippen LogP contribution in [0.25, 0.3) is 0 Å².